The van der Waals surface area contributed by atoms with Crippen LogP contribution in [0.25, 0.3) is 5.57 Å². The smallest absolute Gasteiger partial charge is 0.339 e. The van der Waals surface area contributed by atoms with Gasteiger partial charge >= 0.3 is 5.97 Å². The van der Waals surface area contributed by atoms with Crippen LogP contribution < -0.4 is 9.47 Å². The van der Waals surface area contributed by atoms with Crippen molar-refractivity contribution >= 4 is 11.5 Å². The van der Waals surface area contributed by atoms with Crippen molar-refractivity contribution in [2.24, 2.45) is 0 Å². The second-order valence-corrected chi connectivity index (χ2v) is 6.23. The highest BCUT2D eigenvalue weighted by molar-refractivity contribution is 6.00. The molecule has 4 heteroatoms. The molecule has 1 aliphatic heterocycles. The van der Waals surface area contributed by atoms with Crippen molar-refractivity contribution in [3.05, 3.63) is 29.8 Å². The molecule has 0 saturated carbocycles. The van der Waals surface area contributed by atoms with E-state index < -0.39 is 0 Å². The largest absolute Gasteiger partial charge is 0.493 e. The number of rotatable bonds is 9. The second-order valence-electron chi connectivity index (χ2n) is 6.23. The second kappa shape index (κ2) is 8.76. The zero-order chi connectivity index (χ0) is 17.5. The summed E-state index contributed by atoms with van der Waals surface area (Å²) < 4.78 is 16.2. The molecular weight excluding hydrogens is 304 g/mol. The molecule has 132 valence electrons. The van der Waals surface area contributed by atoms with Crippen LogP contribution in [0.2, 0.25) is 0 Å². The fourth-order valence-electron chi connectivity index (χ4n) is 3.09. The van der Waals surface area contributed by atoms with Crippen LogP contribution in [0, 0.1) is 0 Å². The highest BCUT2D eigenvalue weighted by Gasteiger charge is 2.31. The van der Waals surface area contributed by atoms with Gasteiger partial charge in [-0.25, -0.2) is 4.79 Å². The number of unbranched alkanes of at least 4 members (excludes halogenated alkanes) is 5. The first-order chi connectivity index (χ1) is 11.6. The molecule has 0 aromatic heterocycles. The summed E-state index contributed by atoms with van der Waals surface area (Å²) in [5.74, 6) is 0.815. The molecule has 1 unspecified atom stereocenters. The molecule has 24 heavy (non-hydrogen) atoms. The van der Waals surface area contributed by atoms with Crippen molar-refractivity contribution in [3.8, 4) is 11.5 Å². The Balaban J connectivity index is 2.05. The van der Waals surface area contributed by atoms with Crippen molar-refractivity contribution in [1.29, 1.82) is 0 Å². The molecule has 1 aliphatic rings. The zero-order valence-corrected chi connectivity index (χ0v) is 15.0. The molecule has 0 bridgehead atoms. The van der Waals surface area contributed by atoms with E-state index in [4.69, 9.17) is 14.2 Å². The van der Waals surface area contributed by atoms with E-state index in [1.165, 1.54) is 32.1 Å². The summed E-state index contributed by atoms with van der Waals surface area (Å²) in [7, 11) is 3.14. The van der Waals surface area contributed by atoms with Crippen LogP contribution in [-0.4, -0.2) is 26.3 Å². The van der Waals surface area contributed by atoms with E-state index in [1.54, 1.807) is 20.3 Å². The van der Waals surface area contributed by atoms with Gasteiger partial charge in [0.1, 0.15) is 6.10 Å². The van der Waals surface area contributed by atoms with Gasteiger partial charge in [-0.2, -0.15) is 0 Å². The van der Waals surface area contributed by atoms with E-state index in [0.29, 0.717) is 17.1 Å². The Hall–Kier alpha value is -1.97. The van der Waals surface area contributed by atoms with Gasteiger partial charge in [-0.05, 0) is 36.1 Å². The molecule has 0 fully saturated rings. The maximum Gasteiger partial charge on any atom is 0.339 e. The molecule has 0 saturated heterocycles. The minimum atomic E-state index is -0.311. The lowest BCUT2D eigenvalue weighted by atomic mass is 9.91. The fraction of sp³-hybridized carbons (Fsp3) is 0.550. The summed E-state index contributed by atoms with van der Waals surface area (Å²) >= 11 is 0. The van der Waals surface area contributed by atoms with E-state index in [0.717, 1.165) is 24.0 Å². The van der Waals surface area contributed by atoms with Crippen LogP contribution in [0.4, 0.5) is 0 Å². The van der Waals surface area contributed by atoms with Gasteiger partial charge in [0.2, 0.25) is 0 Å². The van der Waals surface area contributed by atoms with E-state index in [2.05, 4.69) is 13.5 Å². The molecule has 0 spiro atoms. The Kier molecular flexibility index (Phi) is 6.71. The minimum absolute atomic E-state index is 0.241. The maximum absolute atomic E-state index is 12.3. The number of hydrogen-bond donors (Lipinski definition) is 0. The summed E-state index contributed by atoms with van der Waals surface area (Å²) in [5, 5.41) is 0. The minimum Gasteiger partial charge on any atom is -0.493 e. The molecular formula is C20H28O4. The van der Waals surface area contributed by atoms with E-state index in [-0.39, 0.29) is 12.1 Å². The molecule has 4 nitrogen and oxygen atoms in total. The number of fused-ring (bicyclic) bond motifs is 1. The number of esters is 1. The molecule has 1 heterocycles. The van der Waals surface area contributed by atoms with E-state index >= 15 is 0 Å². The SMILES string of the molecule is C=C1c2cc(OC)c(OC)cc2C(=O)OC1CCCCCCCC. The summed E-state index contributed by atoms with van der Waals surface area (Å²) in [6.07, 6.45) is 7.85. The Bertz CT molecular complexity index is 592. The zero-order valence-electron chi connectivity index (χ0n) is 15.0. The first-order valence-corrected chi connectivity index (χ1v) is 8.78. The lowest BCUT2D eigenvalue weighted by Crippen LogP contribution is -2.26. The predicted octanol–water partition coefficient (Wildman–Crippen LogP) is 5.01. The summed E-state index contributed by atoms with van der Waals surface area (Å²) in [4.78, 5) is 12.3. The predicted molar refractivity (Wildman–Crippen MR) is 95.8 cm³/mol. The third-order valence-electron chi connectivity index (χ3n) is 4.55. The van der Waals surface area contributed by atoms with Crippen molar-refractivity contribution in [3.63, 3.8) is 0 Å². The van der Waals surface area contributed by atoms with Crippen LogP contribution in [0.15, 0.2) is 18.7 Å². The van der Waals surface area contributed by atoms with Gasteiger partial charge < -0.3 is 14.2 Å². The Labute approximate surface area is 144 Å². The number of ether oxygens (including phenoxy) is 3. The van der Waals surface area contributed by atoms with Gasteiger partial charge in [0.15, 0.2) is 11.5 Å². The average molecular weight is 332 g/mol. The van der Waals surface area contributed by atoms with Crippen LogP contribution in [0.1, 0.15) is 67.8 Å². The molecule has 1 aromatic rings. The number of methoxy groups -OCH3 is 2. The number of carbonyl (C=O) groups is 1. The molecule has 1 atom stereocenters. The van der Waals surface area contributed by atoms with Crippen LogP contribution >= 0.6 is 0 Å². The van der Waals surface area contributed by atoms with E-state index in [9.17, 15) is 4.79 Å². The number of hydrogen-bond acceptors (Lipinski definition) is 4. The molecule has 1 aromatic carbocycles. The summed E-state index contributed by atoms with van der Waals surface area (Å²) in [5.41, 5.74) is 2.15. The molecule has 2 rings (SSSR count). The van der Waals surface area contributed by atoms with Gasteiger partial charge in [-0.1, -0.05) is 45.6 Å². The first kappa shape index (κ1) is 18.4. The highest BCUT2D eigenvalue weighted by Crippen LogP contribution is 2.38. The van der Waals surface area contributed by atoms with Gasteiger partial charge in [0.05, 0.1) is 19.8 Å². The monoisotopic (exact) mass is 332 g/mol. The molecule has 0 radical (unpaired) electrons. The van der Waals surface area contributed by atoms with Crippen molar-refractivity contribution in [1.82, 2.24) is 0 Å². The quantitative estimate of drug-likeness (QED) is 0.471. The van der Waals surface area contributed by atoms with Crippen LogP contribution in [0.3, 0.4) is 0 Å². The third-order valence-corrected chi connectivity index (χ3v) is 4.55. The number of carbonyl (C=O) groups excluding carboxylic acids is 1. The lowest BCUT2D eigenvalue weighted by Gasteiger charge is -2.28. The maximum atomic E-state index is 12.3. The lowest BCUT2D eigenvalue weighted by molar-refractivity contribution is 0.0372. The highest BCUT2D eigenvalue weighted by atomic mass is 16.5. The van der Waals surface area contributed by atoms with Crippen LogP contribution in [0.5, 0.6) is 11.5 Å². The Morgan fingerprint density at radius 1 is 1.00 bits per heavy atom. The summed E-state index contributed by atoms with van der Waals surface area (Å²) in [6, 6.07) is 3.49. The van der Waals surface area contributed by atoms with Crippen LogP contribution in [-0.2, 0) is 4.74 Å². The number of cyclic esters (lactones) is 1. The third kappa shape index (κ3) is 4.11. The van der Waals surface area contributed by atoms with Gasteiger partial charge in [-0.15, -0.1) is 0 Å². The normalized spacial score (nSPS) is 16.5. The average Bonchev–Trinajstić information content (AvgIpc) is 2.60. The van der Waals surface area contributed by atoms with Gasteiger partial charge in [-0.3, -0.25) is 0 Å². The van der Waals surface area contributed by atoms with Crippen molar-refractivity contribution in [2.45, 2.75) is 58.0 Å². The molecule has 0 amide bonds. The van der Waals surface area contributed by atoms with Gasteiger partial charge in [0, 0.05) is 0 Å². The van der Waals surface area contributed by atoms with Gasteiger partial charge in [0.25, 0.3) is 0 Å². The molecule has 0 aliphatic carbocycles. The van der Waals surface area contributed by atoms with E-state index in [1.807, 2.05) is 6.07 Å². The standard InChI is InChI=1S/C20H28O4/c1-5-6-7-8-9-10-11-17-14(2)15-12-18(22-3)19(23-4)13-16(15)20(21)24-17/h12-13,17H,2,5-11H2,1,3-4H3. The fourth-order valence-corrected chi connectivity index (χ4v) is 3.09. The first-order valence-electron chi connectivity index (χ1n) is 8.78. The molecule has 0 N–H and O–H groups in total. The van der Waals surface area contributed by atoms with Crippen molar-refractivity contribution < 1.29 is 19.0 Å². The topological polar surface area (TPSA) is 44.8 Å². The Morgan fingerprint density at radius 3 is 2.21 bits per heavy atom. The number of benzene rings is 1. The summed E-state index contributed by atoms with van der Waals surface area (Å²) in [6.45, 7) is 6.37. The van der Waals surface area contributed by atoms with Crippen molar-refractivity contribution in [2.75, 3.05) is 14.2 Å². The Morgan fingerprint density at radius 2 is 1.58 bits per heavy atom.